The van der Waals surface area contributed by atoms with E-state index in [0.717, 1.165) is 43.0 Å². The van der Waals surface area contributed by atoms with E-state index in [9.17, 15) is 4.79 Å². The summed E-state index contributed by atoms with van der Waals surface area (Å²) in [5, 5.41) is 3.40. The van der Waals surface area contributed by atoms with Gasteiger partial charge in [-0.3, -0.25) is 4.79 Å². The minimum atomic E-state index is -0.254. The third-order valence-corrected chi connectivity index (χ3v) is 4.91. The van der Waals surface area contributed by atoms with Crippen LogP contribution in [0.5, 0.6) is 11.5 Å². The Hall–Kier alpha value is -2.17. The molecule has 1 N–H and O–H groups in total. The van der Waals surface area contributed by atoms with Crippen molar-refractivity contribution in [1.29, 1.82) is 0 Å². The molecule has 1 aliphatic carbocycles. The minimum absolute atomic E-state index is 0.254. The molecule has 0 unspecified atom stereocenters. The summed E-state index contributed by atoms with van der Waals surface area (Å²) < 4.78 is 16.6. The smallest absolute Gasteiger partial charge is 0.302 e. The SMILES string of the molecule is COc1ccc([C@H]2CNC(=CCOC(C)=O)C2)cc1OC1CCCC1. The molecule has 1 saturated heterocycles. The number of rotatable bonds is 6. The Labute approximate surface area is 149 Å². The molecule has 1 saturated carbocycles. The average molecular weight is 345 g/mol. The molecule has 3 rings (SSSR count). The van der Waals surface area contributed by atoms with Crippen molar-refractivity contribution >= 4 is 5.97 Å². The zero-order valence-electron chi connectivity index (χ0n) is 15.0. The second-order valence-corrected chi connectivity index (χ2v) is 6.75. The van der Waals surface area contributed by atoms with Crippen LogP contribution in [0, 0.1) is 0 Å². The van der Waals surface area contributed by atoms with Gasteiger partial charge in [0.2, 0.25) is 0 Å². The summed E-state index contributed by atoms with van der Waals surface area (Å²) in [6.45, 7) is 2.62. The van der Waals surface area contributed by atoms with Crippen molar-refractivity contribution in [2.24, 2.45) is 0 Å². The standard InChI is InChI=1S/C20H27NO4/c1-14(22)24-10-9-17-11-16(13-21-17)15-7-8-19(23-2)20(12-15)25-18-5-3-4-6-18/h7-9,12,16,18,21H,3-6,10-11,13H2,1-2H3/t16-/m1/s1. The normalized spacial score (nSPS) is 22.0. The molecule has 2 fully saturated rings. The first-order chi connectivity index (χ1) is 12.2. The Morgan fingerprint density at radius 2 is 2.08 bits per heavy atom. The van der Waals surface area contributed by atoms with Gasteiger partial charge in [0.25, 0.3) is 0 Å². The third-order valence-electron chi connectivity index (χ3n) is 4.91. The third kappa shape index (κ3) is 4.68. The lowest BCUT2D eigenvalue weighted by Gasteiger charge is -2.18. The predicted molar refractivity (Wildman–Crippen MR) is 96.0 cm³/mol. The number of carbonyl (C=O) groups excluding carboxylic acids is 1. The van der Waals surface area contributed by atoms with Gasteiger partial charge in [0.15, 0.2) is 11.5 Å². The molecule has 1 aromatic carbocycles. The molecule has 1 aromatic rings. The zero-order chi connectivity index (χ0) is 17.6. The van der Waals surface area contributed by atoms with Crippen LogP contribution in [0.2, 0.25) is 0 Å². The van der Waals surface area contributed by atoms with Gasteiger partial charge in [0.05, 0.1) is 13.2 Å². The monoisotopic (exact) mass is 345 g/mol. The molecular weight excluding hydrogens is 318 g/mol. The maximum atomic E-state index is 10.8. The molecule has 2 aliphatic rings. The highest BCUT2D eigenvalue weighted by Gasteiger charge is 2.23. The molecule has 25 heavy (non-hydrogen) atoms. The zero-order valence-corrected chi connectivity index (χ0v) is 15.0. The maximum absolute atomic E-state index is 10.8. The Morgan fingerprint density at radius 1 is 1.28 bits per heavy atom. The van der Waals surface area contributed by atoms with Crippen LogP contribution < -0.4 is 14.8 Å². The molecule has 0 bridgehead atoms. The number of methoxy groups -OCH3 is 1. The highest BCUT2D eigenvalue weighted by molar-refractivity contribution is 5.66. The number of ether oxygens (including phenoxy) is 3. The lowest BCUT2D eigenvalue weighted by atomic mass is 9.97. The van der Waals surface area contributed by atoms with Crippen LogP contribution in [0.3, 0.4) is 0 Å². The largest absolute Gasteiger partial charge is 0.493 e. The second kappa shape index (κ2) is 8.28. The van der Waals surface area contributed by atoms with E-state index >= 15 is 0 Å². The number of esters is 1. The van der Waals surface area contributed by atoms with Gasteiger partial charge < -0.3 is 19.5 Å². The van der Waals surface area contributed by atoms with Gasteiger partial charge in [-0.2, -0.15) is 0 Å². The van der Waals surface area contributed by atoms with Gasteiger partial charge in [-0.25, -0.2) is 0 Å². The number of benzene rings is 1. The van der Waals surface area contributed by atoms with Crippen LogP contribution >= 0.6 is 0 Å². The van der Waals surface area contributed by atoms with Crippen molar-refractivity contribution in [3.05, 3.63) is 35.5 Å². The van der Waals surface area contributed by atoms with E-state index in [2.05, 4.69) is 17.4 Å². The molecule has 1 heterocycles. The second-order valence-electron chi connectivity index (χ2n) is 6.75. The number of nitrogens with one attached hydrogen (secondary N) is 1. The van der Waals surface area contributed by atoms with Crippen molar-refractivity contribution < 1.29 is 19.0 Å². The van der Waals surface area contributed by atoms with Gasteiger partial charge in [-0.15, -0.1) is 0 Å². The maximum Gasteiger partial charge on any atom is 0.302 e. The topological polar surface area (TPSA) is 56.8 Å². The summed E-state index contributed by atoms with van der Waals surface area (Å²) in [6.07, 6.45) is 7.91. The molecular formula is C20H27NO4. The molecule has 5 heteroatoms. The highest BCUT2D eigenvalue weighted by Crippen LogP contribution is 2.36. The van der Waals surface area contributed by atoms with Crippen LogP contribution in [0.15, 0.2) is 30.0 Å². The van der Waals surface area contributed by atoms with E-state index in [0.29, 0.717) is 18.6 Å². The first-order valence-corrected chi connectivity index (χ1v) is 9.06. The van der Waals surface area contributed by atoms with Crippen molar-refractivity contribution in [3.63, 3.8) is 0 Å². The fourth-order valence-electron chi connectivity index (χ4n) is 3.54. The molecule has 0 spiro atoms. The highest BCUT2D eigenvalue weighted by atomic mass is 16.5. The predicted octanol–water partition coefficient (Wildman–Crippen LogP) is 3.54. The van der Waals surface area contributed by atoms with Crippen LogP contribution in [0.25, 0.3) is 0 Å². The van der Waals surface area contributed by atoms with Gasteiger partial charge in [0.1, 0.15) is 6.61 Å². The Balaban J connectivity index is 1.66. The Morgan fingerprint density at radius 3 is 2.80 bits per heavy atom. The fourth-order valence-corrected chi connectivity index (χ4v) is 3.54. The Bertz CT molecular complexity index is 635. The fraction of sp³-hybridized carbons (Fsp3) is 0.550. The summed E-state index contributed by atoms with van der Waals surface area (Å²) in [7, 11) is 1.68. The molecule has 0 aromatic heterocycles. The van der Waals surface area contributed by atoms with Crippen LogP contribution in [-0.4, -0.2) is 32.3 Å². The van der Waals surface area contributed by atoms with Gasteiger partial charge in [-0.05, 0) is 55.9 Å². The molecule has 0 amide bonds. The summed E-state index contributed by atoms with van der Waals surface area (Å²) in [6, 6.07) is 6.24. The van der Waals surface area contributed by atoms with E-state index in [1.54, 1.807) is 7.11 Å². The van der Waals surface area contributed by atoms with Crippen molar-refractivity contribution in [3.8, 4) is 11.5 Å². The van der Waals surface area contributed by atoms with Gasteiger partial charge >= 0.3 is 5.97 Å². The summed E-state index contributed by atoms with van der Waals surface area (Å²) >= 11 is 0. The number of carbonyl (C=O) groups is 1. The summed E-state index contributed by atoms with van der Waals surface area (Å²) in [4.78, 5) is 10.8. The molecule has 136 valence electrons. The molecule has 1 aliphatic heterocycles. The number of allylic oxidation sites excluding steroid dienone is 1. The molecule has 5 nitrogen and oxygen atoms in total. The van der Waals surface area contributed by atoms with Crippen molar-refractivity contribution in [1.82, 2.24) is 5.32 Å². The van der Waals surface area contributed by atoms with Crippen molar-refractivity contribution in [2.75, 3.05) is 20.3 Å². The number of hydrogen-bond donors (Lipinski definition) is 1. The van der Waals surface area contributed by atoms with E-state index in [4.69, 9.17) is 14.2 Å². The first kappa shape index (κ1) is 17.6. The number of hydrogen-bond acceptors (Lipinski definition) is 5. The lowest BCUT2D eigenvalue weighted by molar-refractivity contribution is -0.139. The Kier molecular flexibility index (Phi) is 5.84. The molecule has 1 atom stereocenters. The van der Waals surface area contributed by atoms with E-state index in [-0.39, 0.29) is 5.97 Å². The van der Waals surface area contributed by atoms with Crippen LogP contribution in [0.4, 0.5) is 0 Å². The van der Waals surface area contributed by atoms with E-state index in [1.807, 2.05) is 12.1 Å². The average Bonchev–Trinajstić information content (AvgIpc) is 3.26. The minimum Gasteiger partial charge on any atom is -0.493 e. The quantitative estimate of drug-likeness (QED) is 0.799. The van der Waals surface area contributed by atoms with Gasteiger partial charge in [0, 0.05) is 25.1 Å². The summed E-state index contributed by atoms with van der Waals surface area (Å²) in [5.41, 5.74) is 2.37. The van der Waals surface area contributed by atoms with Gasteiger partial charge in [-0.1, -0.05) is 6.07 Å². The van der Waals surface area contributed by atoms with Crippen molar-refractivity contribution in [2.45, 2.75) is 51.0 Å². The van der Waals surface area contributed by atoms with E-state index in [1.165, 1.54) is 25.3 Å². The molecule has 0 radical (unpaired) electrons. The summed E-state index contributed by atoms with van der Waals surface area (Å²) in [5.74, 6) is 1.78. The van der Waals surface area contributed by atoms with Crippen LogP contribution in [0.1, 0.15) is 50.5 Å². The van der Waals surface area contributed by atoms with E-state index < -0.39 is 0 Å². The first-order valence-electron chi connectivity index (χ1n) is 9.06. The lowest BCUT2D eigenvalue weighted by Crippen LogP contribution is -2.12. The van der Waals surface area contributed by atoms with Crippen LogP contribution in [-0.2, 0) is 9.53 Å².